The Morgan fingerprint density at radius 1 is 0.741 bits per heavy atom. The normalized spacial score (nSPS) is 30.6. The quantitative estimate of drug-likeness (QED) is 0.739. The highest BCUT2D eigenvalue weighted by Gasteiger charge is 2.48. The second-order valence-electron chi connectivity index (χ2n) is 8.71. The molecule has 2 aromatic rings. The molecule has 6 rings (SSSR count). The van der Waals surface area contributed by atoms with Gasteiger partial charge in [0.05, 0.1) is 5.56 Å². The van der Waals surface area contributed by atoms with Crippen LogP contribution in [0.2, 0.25) is 0 Å². The Hall–Kier alpha value is -2.53. The lowest BCUT2D eigenvalue weighted by Gasteiger charge is -2.54. The predicted molar refractivity (Wildman–Crippen MR) is 106 cm³/mol. The highest BCUT2D eigenvalue weighted by atomic mass is 16.4. The number of carboxylic acid groups (broad SMARTS) is 1. The van der Waals surface area contributed by atoms with E-state index in [2.05, 4.69) is 36.1 Å². The van der Waals surface area contributed by atoms with Crippen molar-refractivity contribution in [2.45, 2.75) is 38.0 Å². The van der Waals surface area contributed by atoms with E-state index < -0.39 is 5.97 Å². The Morgan fingerprint density at radius 3 is 1.70 bits per heavy atom. The van der Waals surface area contributed by atoms with Crippen molar-refractivity contribution in [1.82, 2.24) is 0 Å². The minimum absolute atomic E-state index is 0.292. The first-order valence-corrected chi connectivity index (χ1v) is 10.1. The smallest absolute Gasteiger partial charge is 0.335 e. The molecule has 27 heavy (non-hydrogen) atoms. The highest BCUT2D eigenvalue weighted by Crippen LogP contribution is 2.59. The lowest BCUT2D eigenvalue weighted by molar-refractivity contribution is -0.00278. The molecule has 0 atom stereocenters. The number of aromatic carboxylic acids is 1. The van der Waals surface area contributed by atoms with Crippen LogP contribution < -0.4 is 0 Å². The first-order valence-electron chi connectivity index (χ1n) is 10.1. The van der Waals surface area contributed by atoms with Crippen LogP contribution >= 0.6 is 0 Å². The summed E-state index contributed by atoms with van der Waals surface area (Å²) in [5, 5.41) is 8.96. The Labute approximate surface area is 160 Å². The monoisotopic (exact) mass is 356 g/mol. The lowest BCUT2D eigenvalue weighted by Crippen LogP contribution is -2.43. The molecule has 136 valence electrons. The summed E-state index contributed by atoms with van der Waals surface area (Å²) in [6.45, 7) is 0. The molecule has 0 radical (unpaired) electrons. The summed E-state index contributed by atoms with van der Waals surface area (Å²) >= 11 is 0. The number of rotatable bonds is 2. The fourth-order valence-corrected chi connectivity index (χ4v) is 6.10. The number of carbonyl (C=O) groups is 1. The van der Waals surface area contributed by atoms with Crippen LogP contribution in [0.3, 0.4) is 0 Å². The van der Waals surface area contributed by atoms with E-state index in [1.165, 1.54) is 37.7 Å². The van der Waals surface area contributed by atoms with Gasteiger partial charge in [-0.3, -0.25) is 0 Å². The summed E-state index contributed by atoms with van der Waals surface area (Å²) in [5.41, 5.74) is 3.66. The van der Waals surface area contributed by atoms with Crippen LogP contribution in [0.15, 0.2) is 48.5 Å². The van der Waals surface area contributed by atoms with Gasteiger partial charge in [-0.05, 0) is 104 Å². The van der Waals surface area contributed by atoms with Crippen LogP contribution in [0.1, 0.15) is 65.1 Å². The average Bonchev–Trinajstić information content (AvgIpc) is 2.67. The van der Waals surface area contributed by atoms with Gasteiger partial charge in [-0.25, -0.2) is 4.79 Å². The molecule has 0 unspecified atom stereocenters. The van der Waals surface area contributed by atoms with Crippen LogP contribution in [0, 0.1) is 35.5 Å². The first-order chi connectivity index (χ1) is 13.2. The highest BCUT2D eigenvalue weighted by molar-refractivity contribution is 5.87. The third kappa shape index (κ3) is 3.16. The minimum Gasteiger partial charge on any atom is -0.478 e. The molecule has 0 spiro atoms. The lowest BCUT2D eigenvalue weighted by atomic mass is 9.51. The maximum absolute atomic E-state index is 10.9. The van der Waals surface area contributed by atoms with Crippen molar-refractivity contribution in [3.8, 4) is 11.8 Å². The zero-order valence-electron chi connectivity index (χ0n) is 15.4. The molecule has 0 aromatic heterocycles. The van der Waals surface area contributed by atoms with Crippen molar-refractivity contribution < 1.29 is 9.90 Å². The van der Waals surface area contributed by atoms with Crippen molar-refractivity contribution in [2.24, 2.45) is 23.7 Å². The largest absolute Gasteiger partial charge is 0.478 e. The van der Waals surface area contributed by atoms with Crippen molar-refractivity contribution >= 4 is 5.97 Å². The van der Waals surface area contributed by atoms with E-state index >= 15 is 0 Å². The van der Waals surface area contributed by atoms with E-state index in [9.17, 15) is 4.79 Å². The molecule has 0 heterocycles. The maximum Gasteiger partial charge on any atom is 0.335 e. The third-order valence-corrected chi connectivity index (χ3v) is 7.01. The Morgan fingerprint density at radius 2 is 1.22 bits per heavy atom. The van der Waals surface area contributed by atoms with Gasteiger partial charge in [0, 0.05) is 11.1 Å². The van der Waals surface area contributed by atoms with Crippen LogP contribution in [0.25, 0.3) is 0 Å². The summed E-state index contributed by atoms with van der Waals surface area (Å²) in [7, 11) is 0. The Bertz CT molecular complexity index is 884. The van der Waals surface area contributed by atoms with E-state index in [1.807, 2.05) is 0 Å². The number of hydrogen-bond donors (Lipinski definition) is 1. The number of benzene rings is 2. The predicted octanol–water partition coefficient (Wildman–Crippen LogP) is 5.32. The SMILES string of the molecule is O=C(O)c1ccc(C#Cc2ccc(C3C4CC5CC(C4)CC3C5)cc2)cc1. The summed E-state index contributed by atoms with van der Waals surface area (Å²) in [6, 6.07) is 15.6. The molecule has 0 aliphatic heterocycles. The van der Waals surface area contributed by atoms with E-state index in [-0.39, 0.29) is 0 Å². The van der Waals surface area contributed by atoms with Crippen molar-refractivity contribution in [1.29, 1.82) is 0 Å². The van der Waals surface area contributed by atoms with Gasteiger partial charge >= 0.3 is 5.97 Å². The van der Waals surface area contributed by atoms with Crippen LogP contribution in [0.5, 0.6) is 0 Å². The molecule has 4 saturated carbocycles. The van der Waals surface area contributed by atoms with E-state index in [0.717, 1.165) is 40.7 Å². The molecule has 0 amide bonds. The first kappa shape index (κ1) is 16.6. The Kier molecular flexibility index (Phi) is 4.05. The summed E-state index contributed by atoms with van der Waals surface area (Å²) in [6.07, 6.45) is 7.30. The fraction of sp³-hybridized carbons (Fsp3) is 0.400. The molecule has 4 aliphatic rings. The molecule has 4 fully saturated rings. The van der Waals surface area contributed by atoms with Gasteiger partial charge in [-0.2, -0.15) is 0 Å². The maximum atomic E-state index is 10.9. The summed E-state index contributed by atoms with van der Waals surface area (Å²) < 4.78 is 0. The molecule has 2 aromatic carbocycles. The summed E-state index contributed by atoms with van der Waals surface area (Å²) in [4.78, 5) is 10.9. The molecular formula is C25H24O2. The second-order valence-corrected chi connectivity index (χ2v) is 8.71. The molecule has 2 nitrogen and oxygen atoms in total. The summed E-state index contributed by atoms with van der Waals surface area (Å²) in [5.74, 6) is 10.0. The van der Waals surface area contributed by atoms with Crippen LogP contribution in [0.4, 0.5) is 0 Å². The van der Waals surface area contributed by atoms with Crippen molar-refractivity contribution in [3.63, 3.8) is 0 Å². The topological polar surface area (TPSA) is 37.3 Å². The molecule has 4 aliphatic carbocycles. The zero-order chi connectivity index (χ0) is 18.4. The van der Waals surface area contributed by atoms with E-state index in [1.54, 1.807) is 24.3 Å². The zero-order valence-corrected chi connectivity index (χ0v) is 15.4. The average molecular weight is 356 g/mol. The van der Waals surface area contributed by atoms with Crippen LogP contribution in [-0.4, -0.2) is 11.1 Å². The van der Waals surface area contributed by atoms with Gasteiger partial charge in [-0.1, -0.05) is 24.0 Å². The molecular weight excluding hydrogens is 332 g/mol. The number of carboxylic acids is 1. The second kappa shape index (κ2) is 6.57. The molecule has 0 saturated heterocycles. The van der Waals surface area contributed by atoms with Gasteiger partial charge in [0.25, 0.3) is 0 Å². The van der Waals surface area contributed by atoms with E-state index in [4.69, 9.17) is 5.11 Å². The number of hydrogen-bond acceptors (Lipinski definition) is 1. The van der Waals surface area contributed by atoms with Crippen molar-refractivity contribution in [3.05, 3.63) is 70.8 Å². The van der Waals surface area contributed by atoms with Gasteiger partial charge < -0.3 is 5.11 Å². The van der Waals surface area contributed by atoms with Crippen LogP contribution in [-0.2, 0) is 0 Å². The third-order valence-electron chi connectivity index (χ3n) is 7.01. The molecule has 1 N–H and O–H groups in total. The standard InChI is InChI=1S/C25H24O2/c26-25(27)21-9-5-17(6-10-21)2-1-16-3-7-20(8-4-16)24-22-12-18-11-19(14-22)15-23(24)13-18/h3-10,18-19,22-24H,11-15H2,(H,26,27). The molecule has 4 bridgehead atoms. The van der Waals surface area contributed by atoms with Gasteiger partial charge in [0.1, 0.15) is 0 Å². The van der Waals surface area contributed by atoms with Crippen molar-refractivity contribution in [2.75, 3.05) is 0 Å². The molecule has 2 heteroatoms. The van der Waals surface area contributed by atoms with E-state index in [0.29, 0.717) is 5.56 Å². The minimum atomic E-state index is -0.908. The van der Waals surface area contributed by atoms with Gasteiger partial charge in [0.15, 0.2) is 0 Å². The Balaban J connectivity index is 1.32. The fourth-order valence-electron chi connectivity index (χ4n) is 6.10. The van der Waals surface area contributed by atoms with Gasteiger partial charge in [0.2, 0.25) is 0 Å². The van der Waals surface area contributed by atoms with Gasteiger partial charge in [-0.15, -0.1) is 0 Å².